The first-order valence-electron chi connectivity index (χ1n) is 6.65. The number of hydrogen-bond donors (Lipinski definition) is 1. The highest BCUT2D eigenvalue weighted by Gasteiger charge is 2.17. The molecule has 1 N–H and O–H groups in total. The number of carbonyl (C=O) groups excluding carboxylic acids is 1. The van der Waals surface area contributed by atoms with E-state index < -0.39 is 10.0 Å². The highest BCUT2D eigenvalue weighted by Crippen LogP contribution is 2.17. The maximum atomic E-state index is 12.0. The van der Waals surface area contributed by atoms with E-state index >= 15 is 0 Å². The van der Waals surface area contributed by atoms with Crippen molar-refractivity contribution in [2.24, 2.45) is 0 Å². The molecule has 120 valence electrons. The Hall–Kier alpha value is -1.95. The summed E-state index contributed by atoms with van der Waals surface area (Å²) in [6, 6.07) is 8.11. The van der Waals surface area contributed by atoms with E-state index in [0.29, 0.717) is 18.7 Å². The summed E-state index contributed by atoms with van der Waals surface area (Å²) in [5.74, 6) is -0.264. The molecule has 1 aromatic rings. The van der Waals surface area contributed by atoms with Crippen LogP contribution in [0.25, 0.3) is 0 Å². The van der Waals surface area contributed by atoms with Crippen LogP contribution in [0.1, 0.15) is 6.42 Å². The minimum atomic E-state index is -3.53. The lowest BCUT2D eigenvalue weighted by molar-refractivity contribution is -0.117. The summed E-state index contributed by atoms with van der Waals surface area (Å²) < 4.78 is 25.2. The number of sulfonamides is 1. The SMILES string of the molecule is CN(CCC#N)CC(=O)Nc1cccc(S(=O)(=O)N(C)C)c1. The Morgan fingerprint density at radius 3 is 2.59 bits per heavy atom. The highest BCUT2D eigenvalue weighted by molar-refractivity contribution is 7.89. The molecule has 0 heterocycles. The molecule has 0 fully saturated rings. The number of hydrogen-bond acceptors (Lipinski definition) is 5. The van der Waals surface area contributed by atoms with Crippen LogP contribution < -0.4 is 5.32 Å². The van der Waals surface area contributed by atoms with Gasteiger partial charge < -0.3 is 5.32 Å². The van der Waals surface area contributed by atoms with Crippen molar-refractivity contribution in [3.63, 3.8) is 0 Å². The smallest absolute Gasteiger partial charge is 0.242 e. The number of amides is 1. The quantitative estimate of drug-likeness (QED) is 0.797. The molecule has 8 heteroatoms. The molecule has 1 aromatic carbocycles. The zero-order valence-electron chi connectivity index (χ0n) is 12.9. The zero-order valence-corrected chi connectivity index (χ0v) is 13.7. The fourth-order valence-corrected chi connectivity index (χ4v) is 2.66. The Morgan fingerprint density at radius 1 is 1.32 bits per heavy atom. The van der Waals surface area contributed by atoms with Crippen molar-refractivity contribution in [2.45, 2.75) is 11.3 Å². The minimum absolute atomic E-state index is 0.119. The molecule has 0 aliphatic carbocycles. The summed E-state index contributed by atoms with van der Waals surface area (Å²) in [6.07, 6.45) is 0.348. The highest BCUT2D eigenvalue weighted by atomic mass is 32.2. The van der Waals surface area contributed by atoms with E-state index in [2.05, 4.69) is 5.32 Å². The van der Waals surface area contributed by atoms with Gasteiger partial charge in [0.05, 0.1) is 17.5 Å². The van der Waals surface area contributed by atoms with Gasteiger partial charge in [0.2, 0.25) is 15.9 Å². The lowest BCUT2D eigenvalue weighted by Gasteiger charge is -2.15. The van der Waals surface area contributed by atoms with Crippen LogP contribution in [0.2, 0.25) is 0 Å². The molecule has 7 nitrogen and oxygen atoms in total. The predicted octanol–water partition coefficient (Wildman–Crippen LogP) is 0.721. The van der Waals surface area contributed by atoms with Crippen LogP contribution in [0.15, 0.2) is 29.2 Å². The summed E-state index contributed by atoms with van der Waals surface area (Å²) in [5, 5.41) is 11.2. The second kappa shape index (κ2) is 7.89. The molecule has 0 radical (unpaired) electrons. The van der Waals surface area contributed by atoms with Crippen molar-refractivity contribution in [1.29, 1.82) is 5.26 Å². The van der Waals surface area contributed by atoms with Gasteiger partial charge in [-0.1, -0.05) is 6.07 Å². The topological polar surface area (TPSA) is 93.5 Å². The summed E-state index contributed by atoms with van der Waals surface area (Å²) in [7, 11) is 1.10. The van der Waals surface area contributed by atoms with E-state index in [4.69, 9.17) is 5.26 Å². The molecule has 0 saturated carbocycles. The minimum Gasteiger partial charge on any atom is -0.325 e. The molecule has 0 bridgehead atoms. The van der Waals surface area contributed by atoms with Gasteiger partial charge in [-0.25, -0.2) is 12.7 Å². The van der Waals surface area contributed by atoms with Gasteiger partial charge in [-0.15, -0.1) is 0 Å². The Bertz CT molecular complexity index is 665. The normalized spacial score (nSPS) is 11.5. The molecule has 1 amide bonds. The standard InChI is InChI=1S/C14H20N4O3S/c1-17(2)22(20,21)13-7-4-6-12(10-13)16-14(19)11-18(3)9-5-8-15/h4,6-7,10H,5,9,11H2,1-3H3,(H,16,19). The Labute approximate surface area is 131 Å². The van der Waals surface area contributed by atoms with Crippen molar-refractivity contribution in [3.05, 3.63) is 24.3 Å². The van der Waals surface area contributed by atoms with Gasteiger partial charge in [-0.3, -0.25) is 9.69 Å². The molecular formula is C14H20N4O3S. The van der Waals surface area contributed by atoms with Crippen molar-refractivity contribution in [3.8, 4) is 6.07 Å². The third-order valence-electron chi connectivity index (χ3n) is 2.92. The first kappa shape index (κ1) is 18.1. The summed E-state index contributed by atoms with van der Waals surface area (Å²) in [4.78, 5) is 13.7. The summed E-state index contributed by atoms with van der Waals surface area (Å²) >= 11 is 0. The van der Waals surface area contributed by atoms with Gasteiger partial charge >= 0.3 is 0 Å². The van der Waals surface area contributed by atoms with Crippen LogP contribution in [0, 0.1) is 11.3 Å². The molecule has 1 rings (SSSR count). The number of nitrogens with zero attached hydrogens (tertiary/aromatic N) is 3. The first-order valence-corrected chi connectivity index (χ1v) is 8.09. The van der Waals surface area contributed by atoms with E-state index in [-0.39, 0.29) is 17.3 Å². The number of benzene rings is 1. The van der Waals surface area contributed by atoms with Crippen molar-refractivity contribution >= 4 is 21.6 Å². The van der Waals surface area contributed by atoms with E-state index in [1.807, 2.05) is 6.07 Å². The van der Waals surface area contributed by atoms with Gasteiger partial charge in [0, 0.05) is 32.7 Å². The fraction of sp³-hybridized carbons (Fsp3) is 0.429. The van der Waals surface area contributed by atoms with Gasteiger partial charge in [0.25, 0.3) is 0 Å². The molecule has 0 aromatic heterocycles. The average molecular weight is 324 g/mol. The lowest BCUT2D eigenvalue weighted by atomic mass is 10.3. The third-order valence-corrected chi connectivity index (χ3v) is 4.73. The van der Waals surface area contributed by atoms with Crippen LogP contribution in [0.4, 0.5) is 5.69 Å². The Morgan fingerprint density at radius 2 is 2.00 bits per heavy atom. The zero-order chi connectivity index (χ0) is 16.8. The first-order chi connectivity index (χ1) is 10.3. The summed E-state index contributed by atoms with van der Waals surface area (Å²) in [6.45, 7) is 0.630. The molecule has 0 unspecified atom stereocenters. The van der Waals surface area contributed by atoms with Gasteiger partial charge in [-0.05, 0) is 25.2 Å². The largest absolute Gasteiger partial charge is 0.325 e. The maximum Gasteiger partial charge on any atom is 0.242 e. The number of rotatable bonds is 7. The third kappa shape index (κ3) is 5.11. The molecule has 0 aliphatic heterocycles. The van der Waals surface area contributed by atoms with Crippen molar-refractivity contribution in [1.82, 2.24) is 9.21 Å². The van der Waals surface area contributed by atoms with Crippen molar-refractivity contribution in [2.75, 3.05) is 39.5 Å². The number of anilines is 1. The Kier molecular flexibility index (Phi) is 6.49. The second-order valence-corrected chi connectivity index (χ2v) is 7.16. The van der Waals surface area contributed by atoms with Crippen molar-refractivity contribution < 1.29 is 13.2 Å². The number of carbonyl (C=O) groups is 1. The molecule has 22 heavy (non-hydrogen) atoms. The molecule has 0 spiro atoms. The number of nitriles is 1. The monoisotopic (exact) mass is 324 g/mol. The molecule has 0 aliphatic rings. The van der Waals surface area contributed by atoms with Crippen LogP contribution in [-0.4, -0.2) is 57.8 Å². The maximum absolute atomic E-state index is 12.0. The van der Waals surface area contributed by atoms with Gasteiger partial charge in [0.15, 0.2) is 0 Å². The average Bonchev–Trinajstić information content (AvgIpc) is 2.45. The fourth-order valence-electron chi connectivity index (χ4n) is 1.71. The van der Waals surface area contributed by atoms with Crippen LogP contribution in [0.3, 0.4) is 0 Å². The van der Waals surface area contributed by atoms with E-state index in [1.54, 1.807) is 24.1 Å². The molecule has 0 atom stereocenters. The van der Waals surface area contributed by atoms with Crippen LogP contribution in [0.5, 0.6) is 0 Å². The van der Waals surface area contributed by atoms with Crippen LogP contribution in [-0.2, 0) is 14.8 Å². The second-order valence-electron chi connectivity index (χ2n) is 5.01. The van der Waals surface area contributed by atoms with Gasteiger partial charge in [0.1, 0.15) is 0 Å². The van der Waals surface area contributed by atoms with Gasteiger partial charge in [-0.2, -0.15) is 5.26 Å². The van der Waals surface area contributed by atoms with E-state index in [9.17, 15) is 13.2 Å². The predicted molar refractivity (Wildman–Crippen MR) is 83.7 cm³/mol. The molecular weight excluding hydrogens is 304 g/mol. The lowest BCUT2D eigenvalue weighted by Crippen LogP contribution is -2.30. The van der Waals surface area contributed by atoms with Crippen LogP contribution >= 0.6 is 0 Å². The van der Waals surface area contributed by atoms with E-state index in [1.165, 1.54) is 26.2 Å². The number of nitrogens with one attached hydrogen (secondary N) is 1. The van der Waals surface area contributed by atoms with E-state index in [0.717, 1.165) is 4.31 Å². The summed E-state index contributed by atoms with van der Waals surface area (Å²) in [5.41, 5.74) is 0.418. The Balaban J connectivity index is 2.76. The number of likely N-dealkylation sites (N-methyl/N-ethyl adjacent to an activating group) is 1. The molecule has 0 saturated heterocycles.